The Kier molecular flexibility index (Phi) is 11.1. The first-order valence-corrected chi connectivity index (χ1v) is 13.4. The Bertz CT molecular complexity index is 1100. The fourth-order valence-corrected chi connectivity index (χ4v) is 4.86. The summed E-state index contributed by atoms with van der Waals surface area (Å²) < 4.78 is 66.8. The summed E-state index contributed by atoms with van der Waals surface area (Å²) in [5.41, 5.74) is 1.26. The zero-order valence-corrected chi connectivity index (χ0v) is 22.5. The molecule has 39 heavy (non-hydrogen) atoms. The number of halogens is 1. The van der Waals surface area contributed by atoms with Gasteiger partial charge in [0.2, 0.25) is 6.29 Å². The molecule has 1 fully saturated rings. The number of phosphoric acid groups is 1. The van der Waals surface area contributed by atoms with E-state index in [2.05, 4.69) is 0 Å². The molecule has 3 rings (SSSR count). The van der Waals surface area contributed by atoms with Crippen LogP contribution in [0.15, 0.2) is 60.7 Å². The molecule has 0 aromatic heterocycles. The lowest BCUT2D eigenvalue weighted by Crippen LogP contribution is -2.60. The molecule has 13 heteroatoms. The van der Waals surface area contributed by atoms with E-state index in [9.17, 15) is 18.9 Å². The molecule has 0 amide bonds. The first-order chi connectivity index (χ1) is 18.6. The van der Waals surface area contributed by atoms with Crippen LogP contribution in [0, 0.1) is 0 Å². The van der Waals surface area contributed by atoms with Crippen molar-refractivity contribution in [3.8, 4) is 0 Å². The quantitative estimate of drug-likeness (QED) is 0.209. The average molecular weight is 568 g/mol. The zero-order valence-electron chi connectivity index (χ0n) is 21.6. The number of ether oxygens (including phenoxy) is 4. The summed E-state index contributed by atoms with van der Waals surface area (Å²) in [6.07, 6.45) is -8.89. The number of phosphoric ester groups is 1. The lowest BCUT2D eigenvalue weighted by molar-refractivity contribution is -0.275. The van der Waals surface area contributed by atoms with E-state index < -0.39 is 63.1 Å². The molecule has 0 N–H and O–H groups in total. The Morgan fingerprint density at radius 1 is 0.795 bits per heavy atom. The van der Waals surface area contributed by atoms with Crippen molar-refractivity contribution in [2.75, 3.05) is 6.61 Å². The van der Waals surface area contributed by atoms with Crippen LogP contribution < -0.4 is 0 Å². The Labute approximate surface area is 225 Å². The third-order valence-corrected chi connectivity index (χ3v) is 6.68. The Balaban J connectivity index is 1.87. The van der Waals surface area contributed by atoms with Gasteiger partial charge in [0.1, 0.15) is 12.7 Å². The Morgan fingerprint density at radius 2 is 1.28 bits per heavy atom. The summed E-state index contributed by atoms with van der Waals surface area (Å²) in [5, 5.41) is 0. The van der Waals surface area contributed by atoms with Crippen molar-refractivity contribution < 1.29 is 55.9 Å². The molecule has 1 aliphatic heterocycles. The van der Waals surface area contributed by atoms with Gasteiger partial charge in [-0.3, -0.25) is 28.0 Å². The molecule has 11 nitrogen and oxygen atoms in total. The predicted molar refractivity (Wildman–Crippen MR) is 132 cm³/mol. The zero-order chi connectivity index (χ0) is 28.4. The highest BCUT2D eigenvalue weighted by molar-refractivity contribution is 7.48. The van der Waals surface area contributed by atoms with Crippen molar-refractivity contribution in [3.05, 3.63) is 71.8 Å². The number of hydrogen-bond donors (Lipinski definition) is 0. The van der Waals surface area contributed by atoms with Crippen LogP contribution in [0.3, 0.4) is 0 Å². The van der Waals surface area contributed by atoms with Gasteiger partial charge >= 0.3 is 25.7 Å². The largest absolute Gasteiger partial charge is 0.477 e. The highest BCUT2D eigenvalue weighted by Crippen LogP contribution is 2.53. The number of benzene rings is 2. The van der Waals surface area contributed by atoms with Crippen molar-refractivity contribution in [1.29, 1.82) is 0 Å². The highest BCUT2D eigenvalue weighted by Gasteiger charge is 2.53. The van der Waals surface area contributed by atoms with E-state index in [1.807, 2.05) is 0 Å². The molecule has 0 spiro atoms. The van der Waals surface area contributed by atoms with Gasteiger partial charge in [0, 0.05) is 20.8 Å². The summed E-state index contributed by atoms with van der Waals surface area (Å²) in [5.74, 6) is -2.43. The summed E-state index contributed by atoms with van der Waals surface area (Å²) in [7, 11) is -4.55. The second kappa shape index (κ2) is 14.3. The molecule has 1 saturated heterocycles. The average Bonchev–Trinajstić information content (AvgIpc) is 2.90. The van der Waals surface area contributed by atoms with Gasteiger partial charge in [-0.1, -0.05) is 60.7 Å². The summed E-state index contributed by atoms with van der Waals surface area (Å²) in [6, 6.07) is 17.4. The fourth-order valence-electron chi connectivity index (χ4n) is 3.63. The minimum atomic E-state index is -4.55. The molecule has 1 aliphatic rings. The molecule has 0 radical (unpaired) electrons. The standard InChI is InChI=1S/C26H30FO11P/c1-17(28)32-16-22-24(35-18(2)29)25(36-19(3)30)23(27)26(37-22)38-39(31,33-14-20-10-6-4-7-11-20)34-15-21-12-8-5-9-13-21/h4-13,22-26H,14-16H2,1-3H3/t22-,23-,24+,25-,26-/m1/s1. The van der Waals surface area contributed by atoms with Gasteiger partial charge in [0.15, 0.2) is 18.4 Å². The second-order valence-corrected chi connectivity index (χ2v) is 10.1. The van der Waals surface area contributed by atoms with Gasteiger partial charge in [0.25, 0.3) is 0 Å². The van der Waals surface area contributed by atoms with Crippen LogP contribution in [0.1, 0.15) is 31.9 Å². The molecule has 0 unspecified atom stereocenters. The molecule has 0 aliphatic carbocycles. The van der Waals surface area contributed by atoms with Crippen molar-refractivity contribution >= 4 is 25.7 Å². The highest BCUT2D eigenvalue weighted by atomic mass is 31.2. The minimum absolute atomic E-state index is 0.211. The predicted octanol–water partition coefficient (Wildman–Crippen LogP) is 4.03. The maximum absolute atomic E-state index is 15.7. The van der Waals surface area contributed by atoms with E-state index in [0.29, 0.717) is 11.1 Å². The van der Waals surface area contributed by atoms with Crippen LogP contribution in [-0.4, -0.2) is 55.3 Å². The SMILES string of the molecule is CC(=O)OC[C@H]1O[C@H](OP(=O)(OCc2ccccc2)OCc2ccccc2)[C@H](F)[C@@H](OC(C)=O)[C@H]1OC(C)=O. The Morgan fingerprint density at radius 3 is 1.74 bits per heavy atom. The normalized spacial score (nSPS) is 23.0. The van der Waals surface area contributed by atoms with Crippen molar-refractivity contribution in [3.63, 3.8) is 0 Å². The number of rotatable bonds is 12. The first-order valence-electron chi connectivity index (χ1n) is 12.0. The maximum atomic E-state index is 15.7. The number of hydrogen-bond acceptors (Lipinski definition) is 11. The van der Waals surface area contributed by atoms with E-state index in [-0.39, 0.29) is 13.2 Å². The summed E-state index contributed by atoms with van der Waals surface area (Å²) >= 11 is 0. The number of carbonyl (C=O) groups is 3. The van der Waals surface area contributed by atoms with Crippen LogP contribution in [0.2, 0.25) is 0 Å². The number of esters is 3. The van der Waals surface area contributed by atoms with E-state index in [0.717, 1.165) is 20.8 Å². The second-order valence-electron chi connectivity index (χ2n) is 8.51. The number of alkyl halides is 1. The molecule has 5 atom stereocenters. The smallest absolute Gasteiger partial charge is 0.463 e. The van der Waals surface area contributed by atoms with Crippen LogP contribution in [0.4, 0.5) is 4.39 Å². The van der Waals surface area contributed by atoms with E-state index in [1.165, 1.54) is 0 Å². The number of carbonyl (C=O) groups excluding carboxylic acids is 3. The fraction of sp³-hybridized carbons (Fsp3) is 0.423. The van der Waals surface area contributed by atoms with Crippen molar-refractivity contribution in [1.82, 2.24) is 0 Å². The van der Waals surface area contributed by atoms with Crippen LogP contribution in [0.25, 0.3) is 0 Å². The van der Waals surface area contributed by atoms with E-state index >= 15 is 4.39 Å². The van der Waals surface area contributed by atoms with Gasteiger partial charge in [-0.05, 0) is 11.1 Å². The Hall–Kier alpha value is -3.15. The van der Waals surface area contributed by atoms with Crippen molar-refractivity contribution in [2.24, 2.45) is 0 Å². The molecule has 0 saturated carbocycles. The third kappa shape index (κ3) is 9.52. The maximum Gasteiger partial charge on any atom is 0.477 e. The molecular formula is C26H30FO11P. The minimum Gasteiger partial charge on any atom is -0.463 e. The molecule has 0 bridgehead atoms. The topological polar surface area (TPSA) is 133 Å². The van der Waals surface area contributed by atoms with Gasteiger partial charge in [-0.2, -0.15) is 0 Å². The van der Waals surface area contributed by atoms with Gasteiger partial charge in [-0.15, -0.1) is 0 Å². The summed E-state index contributed by atoms with van der Waals surface area (Å²) in [6.45, 7) is 2.28. The van der Waals surface area contributed by atoms with E-state index in [1.54, 1.807) is 60.7 Å². The molecule has 2 aromatic rings. The first kappa shape index (κ1) is 30.4. The van der Waals surface area contributed by atoms with Gasteiger partial charge < -0.3 is 18.9 Å². The van der Waals surface area contributed by atoms with Crippen LogP contribution in [0.5, 0.6) is 0 Å². The lowest BCUT2D eigenvalue weighted by atomic mass is 9.99. The third-order valence-electron chi connectivity index (χ3n) is 5.33. The molecule has 2 aromatic carbocycles. The van der Waals surface area contributed by atoms with Gasteiger partial charge in [0.05, 0.1) is 13.2 Å². The monoisotopic (exact) mass is 568 g/mol. The van der Waals surface area contributed by atoms with Crippen molar-refractivity contribution in [2.45, 2.75) is 64.8 Å². The van der Waals surface area contributed by atoms with Crippen LogP contribution >= 0.6 is 7.82 Å². The summed E-state index contributed by atoms with van der Waals surface area (Å²) in [4.78, 5) is 34.9. The lowest BCUT2D eigenvalue weighted by Gasteiger charge is -2.42. The molecule has 212 valence electrons. The van der Waals surface area contributed by atoms with E-state index in [4.69, 9.17) is 32.5 Å². The van der Waals surface area contributed by atoms with Crippen LogP contribution in [-0.2, 0) is 64.7 Å². The molecule has 1 heterocycles. The van der Waals surface area contributed by atoms with Gasteiger partial charge in [-0.25, -0.2) is 8.96 Å². The molecular weight excluding hydrogens is 538 g/mol.